The number of carbonyl (C=O) groups excluding carboxylic acids is 1. The van der Waals surface area contributed by atoms with Gasteiger partial charge in [-0.25, -0.2) is 13.6 Å². The first-order chi connectivity index (χ1) is 7.40. The first-order valence-electron chi connectivity index (χ1n) is 4.84. The number of hydrogen-bond donors (Lipinski definition) is 1. The van der Waals surface area contributed by atoms with Gasteiger partial charge in [0, 0.05) is 0 Å². The van der Waals surface area contributed by atoms with E-state index in [1.165, 1.54) is 6.07 Å². The van der Waals surface area contributed by atoms with Gasteiger partial charge in [0.2, 0.25) is 0 Å². The summed E-state index contributed by atoms with van der Waals surface area (Å²) in [5, 5.41) is 2.56. The first kappa shape index (κ1) is 10.9. The van der Waals surface area contributed by atoms with Crippen molar-refractivity contribution in [2.24, 2.45) is 0 Å². The van der Waals surface area contributed by atoms with Crippen molar-refractivity contribution in [2.45, 2.75) is 25.5 Å². The predicted octanol–water partition coefficient (Wildman–Crippen LogP) is 2.52. The molecular weight excluding hydrogens is 216 g/mol. The molecule has 0 spiro atoms. The van der Waals surface area contributed by atoms with Crippen molar-refractivity contribution in [3.05, 3.63) is 35.4 Å². The Hall–Kier alpha value is -1.65. The average Bonchev–Trinajstić information content (AvgIpc) is 2.44. The van der Waals surface area contributed by atoms with E-state index in [-0.39, 0.29) is 0 Å². The van der Waals surface area contributed by atoms with E-state index in [4.69, 9.17) is 4.74 Å². The van der Waals surface area contributed by atoms with Crippen molar-refractivity contribution in [1.29, 1.82) is 0 Å². The van der Waals surface area contributed by atoms with Crippen molar-refractivity contribution in [2.75, 3.05) is 0 Å². The molecule has 1 aliphatic rings. The molecule has 1 saturated heterocycles. The number of carbonyl (C=O) groups is 1. The molecule has 1 unspecified atom stereocenters. The smallest absolute Gasteiger partial charge is 0.408 e. The standard InChI is InChI=1S/C11H11F2NO2/c1-11(2)9(14-10(15)16-11)6-3-4-7(12)8(13)5-6/h3-5,9H,1-2H3,(H,14,15). The van der Waals surface area contributed by atoms with Gasteiger partial charge in [0.1, 0.15) is 5.60 Å². The van der Waals surface area contributed by atoms with Gasteiger partial charge < -0.3 is 10.1 Å². The van der Waals surface area contributed by atoms with Crippen LogP contribution in [0.15, 0.2) is 18.2 Å². The van der Waals surface area contributed by atoms with Crippen LogP contribution in [0.5, 0.6) is 0 Å². The van der Waals surface area contributed by atoms with Crippen molar-refractivity contribution in [3.63, 3.8) is 0 Å². The molecule has 5 heteroatoms. The number of hydrogen-bond acceptors (Lipinski definition) is 2. The van der Waals surface area contributed by atoms with Gasteiger partial charge in [-0.2, -0.15) is 0 Å². The number of amides is 1. The molecule has 1 aromatic carbocycles. The maximum Gasteiger partial charge on any atom is 0.408 e. The molecule has 1 heterocycles. The molecule has 16 heavy (non-hydrogen) atoms. The van der Waals surface area contributed by atoms with E-state index in [0.717, 1.165) is 12.1 Å². The molecule has 0 aliphatic carbocycles. The topological polar surface area (TPSA) is 38.3 Å². The van der Waals surface area contributed by atoms with Crippen LogP contribution in [0.2, 0.25) is 0 Å². The fourth-order valence-corrected chi connectivity index (χ4v) is 1.80. The predicted molar refractivity (Wildman–Crippen MR) is 52.8 cm³/mol. The number of benzene rings is 1. The maximum absolute atomic E-state index is 13.1. The minimum Gasteiger partial charge on any atom is -0.441 e. The lowest BCUT2D eigenvalue weighted by Crippen LogP contribution is -2.30. The Labute approximate surface area is 91.4 Å². The van der Waals surface area contributed by atoms with Crippen LogP contribution >= 0.6 is 0 Å². The molecule has 1 N–H and O–H groups in total. The highest BCUT2D eigenvalue weighted by Crippen LogP contribution is 2.34. The maximum atomic E-state index is 13.1. The third-order valence-corrected chi connectivity index (χ3v) is 2.59. The summed E-state index contributed by atoms with van der Waals surface area (Å²) in [5.41, 5.74) is -0.295. The molecule has 0 bridgehead atoms. The second-order valence-electron chi connectivity index (χ2n) is 4.24. The Bertz CT molecular complexity index is 446. The quantitative estimate of drug-likeness (QED) is 0.800. The van der Waals surface area contributed by atoms with Gasteiger partial charge >= 0.3 is 6.09 Å². The van der Waals surface area contributed by atoms with Gasteiger partial charge in [0.15, 0.2) is 11.6 Å². The van der Waals surface area contributed by atoms with Gasteiger partial charge in [-0.3, -0.25) is 0 Å². The van der Waals surface area contributed by atoms with Crippen LogP contribution in [0.1, 0.15) is 25.5 Å². The summed E-state index contributed by atoms with van der Waals surface area (Å²) in [7, 11) is 0. The van der Waals surface area contributed by atoms with Crippen molar-refractivity contribution < 1.29 is 18.3 Å². The van der Waals surface area contributed by atoms with E-state index in [9.17, 15) is 13.6 Å². The fourth-order valence-electron chi connectivity index (χ4n) is 1.80. The SMILES string of the molecule is CC1(C)OC(=O)NC1c1ccc(F)c(F)c1. The highest BCUT2D eigenvalue weighted by atomic mass is 19.2. The van der Waals surface area contributed by atoms with Crippen LogP contribution < -0.4 is 5.32 Å². The summed E-state index contributed by atoms with van der Waals surface area (Å²) in [5.74, 6) is -1.85. The number of ether oxygens (including phenoxy) is 1. The fraction of sp³-hybridized carbons (Fsp3) is 0.364. The lowest BCUT2D eigenvalue weighted by atomic mass is 9.93. The number of cyclic esters (lactones) is 1. The van der Waals surface area contributed by atoms with Crippen LogP contribution in [-0.4, -0.2) is 11.7 Å². The Morgan fingerprint density at radius 2 is 2.00 bits per heavy atom. The van der Waals surface area contributed by atoms with Gasteiger partial charge in [0.05, 0.1) is 6.04 Å². The third-order valence-electron chi connectivity index (χ3n) is 2.59. The largest absolute Gasteiger partial charge is 0.441 e. The Kier molecular flexibility index (Phi) is 2.33. The van der Waals surface area contributed by atoms with E-state index in [1.54, 1.807) is 13.8 Å². The molecular formula is C11H11F2NO2. The van der Waals surface area contributed by atoms with Crippen LogP contribution in [0.3, 0.4) is 0 Å². The Morgan fingerprint density at radius 1 is 1.31 bits per heavy atom. The zero-order valence-corrected chi connectivity index (χ0v) is 8.88. The summed E-state index contributed by atoms with van der Waals surface area (Å²) < 4.78 is 30.8. The zero-order valence-electron chi connectivity index (χ0n) is 8.88. The summed E-state index contributed by atoms with van der Waals surface area (Å²) in [6.45, 7) is 3.41. The second-order valence-corrected chi connectivity index (χ2v) is 4.24. The lowest BCUT2D eigenvalue weighted by molar-refractivity contribution is 0.0683. The molecule has 0 aromatic heterocycles. The number of rotatable bonds is 1. The molecule has 2 rings (SSSR count). The monoisotopic (exact) mass is 227 g/mol. The average molecular weight is 227 g/mol. The molecule has 3 nitrogen and oxygen atoms in total. The zero-order chi connectivity index (χ0) is 11.9. The molecule has 0 radical (unpaired) electrons. The van der Waals surface area contributed by atoms with Crippen LogP contribution in [0.4, 0.5) is 13.6 Å². The minimum absolute atomic E-state index is 0.477. The summed E-state index contributed by atoms with van der Waals surface area (Å²) >= 11 is 0. The lowest BCUT2D eigenvalue weighted by Gasteiger charge is -2.23. The Balaban J connectivity index is 2.37. The van der Waals surface area contributed by atoms with E-state index < -0.39 is 29.4 Å². The summed E-state index contributed by atoms with van der Waals surface area (Å²) in [4.78, 5) is 11.1. The van der Waals surface area contributed by atoms with E-state index >= 15 is 0 Å². The van der Waals surface area contributed by atoms with Crippen LogP contribution in [0.25, 0.3) is 0 Å². The summed E-state index contributed by atoms with van der Waals surface area (Å²) in [6, 6.07) is 3.05. The normalized spacial score (nSPS) is 22.8. The Morgan fingerprint density at radius 3 is 2.50 bits per heavy atom. The van der Waals surface area contributed by atoms with Crippen LogP contribution in [-0.2, 0) is 4.74 Å². The van der Waals surface area contributed by atoms with E-state index in [0.29, 0.717) is 5.56 Å². The van der Waals surface area contributed by atoms with Crippen molar-refractivity contribution >= 4 is 6.09 Å². The number of halogens is 2. The molecule has 1 aliphatic heterocycles. The number of nitrogens with one attached hydrogen (secondary N) is 1. The van der Waals surface area contributed by atoms with Crippen LogP contribution in [0, 0.1) is 11.6 Å². The van der Waals surface area contributed by atoms with E-state index in [1.807, 2.05) is 0 Å². The van der Waals surface area contributed by atoms with Gasteiger partial charge in [-0.05, 0) is 31.5 Å². The van der Waals surface area contributed by atoms with Crippen molar-refractivity contribution in [1.82, 2.24) is 5.32 Å². The number of alkyl carbamates (subject to hydrolysis) is 1. The molecule has 0 saturated carbocycles. The highest BCUT2D eigenvalue weighted by molar-refractivity contribution is 5.71. The summed E-state index contributed by atoms with van der Waals surface area (Å²) in [6.07, 6.45) is -0.556. The molecule has 1 aromatic rings. The second kappa shape index (κ2) is 3.43. The molecule has 1 fully saturated rings. The highest BCUT2D eigenvalue weighted by Gasteiger charge is 2.42. The van der Waals surface area contributed by atoms with Gasteiger partial charge in [-0.1, -0.05) is 6.07 Å². The van der Waals surface area contributed by atoms with Gasteiger partial charge in [0.25, 0.3) is 0 Å². The molecule has 1 atom stereocenters. The third kappa shape index (κ3) is 1.73. The molecule has 1 amide bonds. The minimum atomic E-state index is -0.936. The van der Waals surface area contributed by atoms with Crippen molar-refractivity contribution in [3.8, 4) is 0 Å². The molecule has 86 valence electrons. The first-order valence-corrected chi connectivity index (χ1v) is 4.84. The van der Waals surface area contributed by atoms with Gasteiger partial charge in [-0.15, -0.1) is 0 Å². The van der Waals surface area contributed by atoms with E-state index in [2.05, 4.69) is 5.32 Å².